The number of hydrogen-bond acceptors (Lipinski definition) is 3. The van der Waals surface area contributed by atoms with Crippen molar-refractivity contribution in [3.05, 3.63) is 29.8 Å². The van der Waals surface area contributed by atoms with E-state index in [1.807, 2.05) is 0 Å². The van der Waals surface area contributed by atoms with Gasteiger partial charge in [0.1, 0.15) is 5.75 Å². The fourth-order valence-electron chi connectivity index (χ4n) is 5.12. The van der Waals surface area contributed by atoms with Gasteiger partial charge < -0.3 is 4.74 Å². The van der Waals surface area contributed by atoms with Crippen molar-refractivity contribution in [2.45, 2.75) is 77.6 Å². The lowest BCUT2D eigenvalue weighted by molar-refractivity contribution is -0.141. The SMILES string of the molecule is CCCCCCC1CCC2CC(C(=O)Oc3ccc(C#N)cc3)CCC2C1. The van der Waals surface area contributed by atoms with Crippen LogP contribution in [-0.4, -0.2) is 5.97 Å². The molecule has 0 aliphatic heterocycles. The van der Waals surface area contributed by atoms with Crippen LogP contribution < -0.4 is 4.74 Å². The molecule has 27 heavy (non-hydrogen) atoms. The summed E-state index contributed by atoms with van der Waals surface area (Å²) < 4.78 is 5.58. The van der Waals surface area contributed by atoms with Gasteiger partial charge in [0.25, 0.3) is 0 Å². The molecular weight excluding hydrogens is 334 g/mol. The average Bonchev–Trinajstić information content (AvgIpc) is 2.71. The van der Waals surface area contributed by atoms with E-state index >= 15 is 0 Å². The summed E-state index contributed by atoms with van der Waals surface area (Å²) in [5.41, 5.74) is 0.585. The Labute approximate surface area is 164 Å². The Bertz CT molecular complexity index is 645. The highest BCUT2D eigenvalue weighted by atomic mass is 16.5. The Hall–Kier alpha value is -1.82. The standard InChI is InChI=1S/C24H33NO2/c1-2-3-4-5-6-18-7-10-21-16-22(12-11-20(21)15-18)24(26)27-23-13-8-19(17-25)9-14-23/h8-9,13-14,18,20-22H,2-7,10-12,15-16H2,1H3. The highest BCUT2D eigenvalue weighted by Gasteiger charge is 2.38. The maximum Gasteiger partial charge on any atom is 0.314 e. The number of unbranched alkanes of at least 4 members (excludes halogenated alkanes) is 3. The molecule has 3 rings (SSSR count). The smallest absolute Gasteiger partial charge is 0.314 e. The molecule has 0 saturated heterocycles. The monoisotopic (exact) mass is 367 g/mol. The molecule has 2 aliphatic rings. The van der Waals surface area contributed by atoms with Crippen LogP contribution in [0.3, 0.4) is 0 Å². The van der Waals surface area contributed by atoms with Gasteiger partial charge in [0, 0.05) is 0 Å². The van der Waals surface area contributed by atoms with Crippen molar-refractivity contribution < 1.29 is 9.53 Å². The first kappa shape index (κ1) is 19.9. The topological polar surface area (TPSA) is 50.1 Å². The van der Waals surface area contributed by atoms with Crippen LogP contribution >= 0.6 is 0 Å². The molecule has 0 radical (unpaired) electrons. The summed E-state index contributed by atoms with van der Waals surface area (Å²) in [6.07, 6.45) is 14.1. The Morgan fingerprint density at radius 2 is 1.78 bits per heavy atom. The summed E-state index contributed by atoms with van der Waals surface area (Å²) >= 11 is 0. The first-order chi connectivity index (χ1) is 13.2. The summed E-state index contributed by atoms with van der Waals surface area (Å²) in [5, 5.41) is 8.86. The third-order valence-electron chi connectivity index (χ3n) is 6.72. The lowest BCUT2D eigenvalue weighted by Gasteiger charge is -2.41. The number of esters is 1. The summed E-state index contributed by atoms with van der Waals surface area (Å²) in [6, 6.07) is 8.90. The molecule has 1 aromatic rings. The van der Waals surface area contributed by atoms with Crippen LogP contribution in [0.1, 0.15) is 83.1 Å². The maximum atomic E-state index is 12.6. The van der Waals surface area contributed by atoms with Crippen molar-refractivity contribution in [2.24, 2.45) is 23.7 Å². The first-order valence-electron chi connectivity index (χ1n) is 10.9. The molecule has 3 heteroatoms. The molecule has 2 aliphatic carbocycles. The fourth-order valence-corrected chi connectivity index (χ4v) is 5.12. The predicted molar refractivity (Wildman–Crippen MR) is 107 cm³/mol. The molecule has 4 unspecified atom stereocenters. The lowest BCUT2D eigenvalue weighted by atomic mass is 9.64. The number of ether oxygens (including phenoxy) is 1. The fraction of sp³-hybridized carbons (Fsp3) is 0.667. The van der Waals surface area contributed by atoms with E-state index in [9.17, 15) is 4.79 Å². The number of carbonyl (C=O) groups excluding carboxylic acids is 1. The van der Waals surface area contributed by atoms with Crippen molar-refractivity contribution in [1.82, 2.24) is 0 Å². The summed E-state index contributed by atoms with van der Waals surface area (Å²) in [7, 11) is 0. The largest absolute Gasteiger partial charge is 0.426 e. The number of benzene rings is 1. The highest BCUT2D eigenvalue weighted by Crippen LogP contribution is 2.46. The van der Waals surface area contributed by atoms with Gasteiger partial charge in [0.2, 0.25) is 0 Å². The zero-order valence-corrected chi connectivity index (χ0v) is 16.7. The summed E-state index contributed by atoms with van der Waals surface area (Å²) in [6.45, 7) is 2.27. The van der Waals surface area contributed by atoms with Gasteiger partial charge in [0.05, 0.1) is 17.6 Å². The van der Waals surface area contributed by atoms with Crippen molar-refractivity contribution in [2.75, 3.05) is 0 Å². The van der Waals surface area contributed by atoms with Crippen molar-refractivity contribution in [3.63, 3.8) is 0 Å². The molecule has 4 atom stereocenters. The zero-order valence-electron chi connectivity index (χ0n) is 16.7. The normalized spacial score (nSPS) is 27.4. The number of hydrogen-bond donors (Lipinski definition) is 0. The van der Waals surface area contributed by atoms with Crippen molar-refractivity contribution >= 4 is 5.97 Å². The van der Waals surface area contributed by atoms with Gasteiger partial charge in [-0.25, -0.2) is 0 Å². The van der Waals surface area contributed by atoms with Crippen LogP contribution in [0.4, 0.5) is 0 Å². The summed E-state index contributed by atoms with van der Waals surface area (Å²) in [5.74, 6) is 2.98. The van der Waals surface area contributed by atoms with Gasteiger partial charge in [-0.3, -0.25) is 4.79 Å². The minimum Gasteiger partial charge on any atom is -0.426 e. The van der Waals surface area contributed by atoms with Gasteiger partial charge in [-0.2, -0.15) is 5.26 Å². The third kappa shape index (κ3) is 5.58. The van der Waals surface area contributed by atoms with Crippen LogP contribution in [0, 0.1) is 35.0 Å². The van der Waals surface area contributed by atoms with Gasteiger partial charge in [-0.1, -0.05) is 45.4 Å². The van der Waals surface area contributed by atoms with Crippen LogP contribution in [0.2, 0.25) is 0 Å². The molecule has 1 aromatic carbocycles. The number of carbonyl (C=O) groups is 1. The van der Waals surface area contributed by atoms with Crippen LogP contribution in [0.5, 0.6) is 5.75 Å². The van der Waals surface area contributed by atoms with E-state index in [1.54, 1.807) is 24.3 Å². The molecule has 0 aromatic heterocycles. The molecular formula is C24H33NO2. The van der Waals surface area contributed by atoms with E-state index in [0.29, 0.717) is 17.2 Å². The van der Waals surface area contributed by atoms with Crippen LogP contribution in [0.25, 0.3) is 0 Å². The van der Waals surface area contributed by atoms with E-state index in [-0.39, 0.29) is 11.9 Å². The Balaban J connectivity index is 1.44. The van der Waals surface area contributed by atoms with Crippen molar-refractivity contribution in [3.8, 4) is 11.8 Å². The van der Waals surface area contributed by atoms with Crippen molar-refractivity contribution in [1.29, 1.82) is 5.26 Å². The highest BCUT2D eigenvalue weighted by molar-refractivity contribution is 5.75. The average molecular weight is 368 g/mol. The second kappa shape index (κ2) is 9.93. The predicted octanol–water partition coefficient (Wildman–Crippen LogP) is 6.27. The van der Waals surface area contributed by atoms with Gasteiger partial charge in [-0.05, 0) is 74.1 Å². The minimum atomic E-state index is -0.0835. The molecule has 2 fully saturated rings. The molecule has 2 saturated carbocycles. The Kier molecular flexibility index (Phi) is 7.33. The molecule has 0 spiro atoms. The number of fused-ring (bicyclic) bond motifs is 1. The molecule has 146 valence electrons. The Morgan fingerprint density at radius 1 is 1.04 bits per heavy atom. The number of nitriles is 1. The third-order valence-corrected chi connectivity index (χ3v) is 6.72. The molecule has 0 N–H and O–H groups in total. The quantitative estimate of drug-likeness (QED) is 0.324. The molecule has 3 nitrogen and oxygen atoms in total. The molecule has 0 bridgehead atoms. The van der Waals surface area contributed by atoms with E-state index in [4.69, 9.17) is 10.00 Å². The number of rotatable bonds is 7. The van der Waals surface area contributed by atoms with E-state index in [2.05, 4.69) is 13.0 Å². The van der Waals surface area contributed by atoms with Crippen LogP contribution in [0.15, 0.2) is 24.3 Å². The zero-order chi connectivity index (χ0) is 19.1. The minimum absolute atomic E-state index is 0.0444. The Morgan fingerprint density at radius 3 is 2.52 bits per heavy atom. The second-order valence-corrected chi connectivity index (χ2v) is 8.62. The van der Waals surface area contributed by atoms with Gasteiger partial charge in [-0.15, -0.1) is 0 Å². The number of nitrogens with zero attached hydrogens (tertiary/aromatic N) is 1. The van der Waals surface area contributed by atoms with E-state index < -0.39 is 0 Å². The van der Waals surface area contributed by atoms with Crippen LogP contribution in [-0.2, 0) is 4.79 Å². The second-order valence-electron chi connectivity index (χ2n) is 8.62. The summed E-state index contributed by atoms with van der Waals surface area (Å²) in [4.78, 5) is 12.6. The molecule has 0 amide bonds. The lowest BCUT2D eigenvalue weighted by Crippen LogP contribution is -2.35. The van der Waals surface area contributed by atoms with E-state index in [1.165, 1.54) is 57.8 Å². The van der Waals surface area contributed by atoms with E-state index in [0.717, 1.165) is 24.7 Å². The molecule has 0 heterocycles. The van der Waals surface area contributed by atoms with Gasteiger partial charge >= 0.3 is 5.97 Å². The first-order valence-corrected chi connectivity index (χ1v) is 10.9. The maximum absolute atomic E-state index is 12.6. The van der Waals surface area contributed by atoms with Gasteiger partial charge in [0.15, 0.2) is 0 Å².